The molecule has 0 aromatic heterocycles. The Balaban J connectivity index is 4.14. The number of rotatable bonds is 5. The van der Waals surface area contributed by atoms with E-state index in [4.69, 9.17) is 5.11 Å². The minimum atomic E-state index is -2.33. The Labute approximate surface area is 80.0 Å². The SMILES string of the molecule is CCOC(=O)NC(OC)C(F)C(=O)O. The lowest BCUT2D eigenvalue weighted by Gasteiger charge is -2.17. The van der Waals surface area contributed by atoms with Gasteiger partial charge in [-0.3, -0.25) is 5.32 Å². The molecule has 0 heterocycles. The van der Waals surface area contributed by atoms with Gasteiger partial charge in [-0.1, -0.05) is 0 Å². The van der Waals surface area contributed by atoms with E-state index < -0.39 is 24.5 Å². The van der Waals surface area contributed by atoms with E-state index >= 15 is 0 Å². The standard InChI is InChI=1S/C7H12FNO5/c1-3-14-7(12)9-5(13-2)4(8)6(10)11/h4-5H,3H2,1-2H3,(H,9,12)(H,10,11). The number of aliphatic carboxylic acids is 1. The van der Waals surface area contributed by atoms with Gasteiger partial charge in [0, 0.05) is 7.11 Å². The smallest absolute Gasteiger partial charge is 0.409 e. The van der Waals surface area contributed by atoms with E-state index in [2.05, 4.69) is 9.47 Å². The zero-order chi connectivity index (χ0) is 11.1. The summed E-state index contributed by atoms with van der Waals surface area (Å²) in [6.45, 7) is 1.66. The van der Waals surface area contributed by atoms with Crippen LogP contribution in [0.15, 0.2) is 0 Å². The maximum absolute atomic E-state index is 12.8. The molecule has 7 heteroatoms. The highest BCUT2D eigenvalue weighted by Gasteiger charge is 2.29. The molecule has 0 saturated heterocycles. The van der Waals surface area contributed by atoms with Crippen LogP contribution in [0.4, 0.5) is 9.18 Å². The number of halogens is 1. The molecule has 2 atom stereocenters. The normalized spacial score (nSPS) is 14.2. The molecule has 0 radical (unpaired) electrons. The molecule has 0 aliphatic rings. The number of nitrogens with one attached hydrogen (secondary N) is 1. The lowest BCUT2D eigenvalue weighted by molar-refractivity contribution is -0.149. The van der Waals surface area contributed by atoms with Crippen LogP contribution < -0.4 is 5.32 Å². The lowest BCUT2D eigenvalue weighted by Crippen LogP contribution is -2.46. The number of methoxy groups -OCH3 is 1. The second-order valence-electron chi connectivity index (χ2n) is 2.26. The van der Waals surface area contributed by atoms with Gasteiger partial charge in [0.05, 0.1) is 6.61 Å². The zero-order valence-corrected chi connectivity index (χ0v) is 7.82. The van der Waals surface area contributed by atoms with Crippen LogP contribution >= 0.6 is 0 Å². The molecule has 0 spiro atoms. The second-order valence-corrected chi connectivity index (χ2v) is 2.26. The predicted molar refractivity (Wildman–Crippen MR) is 43.5 cm³/mol. The van der Waals surface area contributed by atoms with Gasteiger partial charge in [-0.05, 0) is 6.92 Å². The van der Waals surface area contributed by atoms with Crippen molar-refractivity contribution in [3.63, 3.8) is 0 Å². The first-order valence-corrected chi connectivity index (χ1v) is 3.85. The number of alkyl halides is 1. The highest BCUT2D eigenvalue weighted by atomic mass is 19.1. The Bertz CT molecular complexity index is 210. The van der Waals surface area contributed by atoms with Crippen molar-refractivity contribution in [1.29, 1.82) is 0 Å². The Hall–Kier alpha value is -1.37. The van der Waals surface area contributed by atoms with Crippen molar-refractivity contribution >= 4 is 12.1 Å². The second kappa shape index (κ2) is 6.14. The van der Waals surface area contributed by atoms with Crippen LogP contribution in [-0.4, -0.2) is 43.3 Å². The number of carbonyl (C=O) groups is 2. The number of hydrogen-bond acceptors (Lipinski definition) is 4. The summed E-state index contributed by atoms with van der Waals surface area (Å²) in [6, 6.07) is 0. The topological polar surface area (TPSA) is 84.9 Å². The van der Waals surface area contributed by atoms with Gasteiger partial charge >= 0.3 is 12.1 Å². The average molecular weight is 209 g/mol. The average Bonchev–Trinajstić information content (AvgIpc) is 2.13. The largest absolute Gasteiger partial charge is 0.479 e. The van der Waals surface area contributed by atoms with Crippen molar-refractivity contribution in [2.24, 2.45) is 0 Å². The Morgan fingerprint density at radius 1 is 1.57 bits per heavy atom. The first-order valence-electron chi connectivity index (χ1n) is 3.85. The van der Waals surface area contributed by atoms with E-state index in [0.29, 0.717) is 0 Å². The Morgan fingerprint density at radius 3 is 2.50 bits per heavy atom. The minimum absolute atomic E-state index is 0.103. The van der Waals surface area contributed by atoms with Crippen LogP contribution in [0.25, 0.3) is 0 Å². The summed E-state index contributed by atoms with van der Waals surface area (Å²) in [7, 11) is 1.08. The molecule has 0 aliphatic heterocycles. The van der Waals surface area contributed by atoms with Gasteiger partial charge in [-0.25, -0.2) is 14.0 Å². The number of alkyl carbamates (subject to hydrolysis) is 1. The van der Waals surface area contributed by atoms with Gasteiger partial charge in [-0.2, -0.15) is 0 Å². The molecule has 2 unspecified atom stereocenters. The summed E-state index contributed by atoms with van der Waals surface area (Å²) in [5.74, 6) is -1.71. The maximum Gasteiger partial charge on any atom is 0.409 e. The van der Waals surface area contributed by atoms with Gasteiger partial charge in [0.2, 0.25) is 6.17 Å². The summed E-state index contributed by atoms with van der Waals surface area (Å²) in [5, 5.41) is 10.2. The fraction of sp³-hybridized carbons (Fsp3) is 0.714. The van der Waals surface area contributed by atoms with E-state index in [9.17, 15) is 14.0 Å². The Morgan fingerprint density at radius 2 is 2.14 bits per heavy atom. The molecule has 14 heavy (non-hydrogen) atoms. The van der Waals surface area contributed by atoms with E-state index in [1.54, 1.807) is 6.92 Å². The molecule has 0 rings (SSSR count). The van der Waals surface area contributed by atoms with Crippen molar-refractivity contribution in [1.82, 2.24) is 5.32 Å². The first kappa shape index (κ1) is 12.6. The molecule has 1 amide bonds. The van der Waals surface area contributed by atoms with Crippen molar-refractivity contribution in [3.8, 4) is 0 Å². The fourth-order valence-electron chi connectivity index (χ4n) is 0.670. The highest BCUT2D eigenvalue weighted by molar-refractivity contribution is 5.74. The lowest BCUT2D eigenvalue weighted by atomic mass is 10.3. The van der Waals surface area contributed by atoms with Gasteiger partial charge in [0.1, 0.15) is 0 Å². The molecule has 0 bridgehead atoms. The fourth-order valence-corrected chi connectivity index (χ4v) is 0.670. The van der Waals surface area contributed by atoms with E-state index in [1.807, 2.05) is 5.32 Å². The summed E-state index contributed by atoms with van der Waals surface area (Å²) >= 11 is 0. The quantitative estimate of drug-likeness (QED) is 0.628. The molecular formula is C7H12FNO5. The molecule has 0 fully saturated rings. The summed E-state index contributed by atoms with van der Waals surface area (Å²) in [4.78, 5) is 21.0. The number of carboxylic acids is 1. The zero-order valence-electron chi connectivity index (χ0n) is 7.82. The minimum Gasteiger partial charge on any atom is -0.479 e. The van der Waals surface area contributed by atoms with Crippen LogP contribution in [0, 0.1) is 0 Å². The predicted octanol–water partition coefficient (Wildman–Crippen LogP) is 0.128. The van der Waals surface area contributed by atoms with Crippen LogP contribution in [0.3, 0.4) is 0 Å². The number of hydrogen-bond donors (Lipinski definition) is 2. The summed E-state index contributed by atoms with van der Waals surface area (Å²) < 4.78 is 21.6. The molecule has 0 aliphatic carbocycles. The van der Waals surface area contributed by atoms with Crippen LogP contribution in [0.1, 0.15) is 6.92 Å². The number of amides is 1. The van der Waals surface area contributed by atoms with E-state index in [1.165, 1.54) is 0 Å². The van der Waals surface area contributed by atoms with Crippen LogP contribution in [0.2, 0.25) is 0 Å². The van der Waals surface area contributed by atoms with E-state index in [-0.39, 0.29) is 6.61 Å². The number of carbonyl (C=O) groups excluding carboxylic acids is 1. The third kappa shape index (κ3) is 4.04. The Kier molecular flexibility index (Phi) is 5.54. The van der Waals surface area contributed by atoms with Crippen LogP contribution in [-0.2, 0) is 14.3 Å². The van der Waals surface area contributed by atoms with Gasteiger partial charge in [0.25, 0.3) is 0 Å². The van der Waals surface area contributed by atoms with Crippen LogP contribution in [0.5, 0.6) is 0 Å². The van der Waals surface area contributed by atoms with Gasteiger partial charge in [0.15, 0.2) is 6.23 Å². The first-order chi connectivity index (χ1) is 6.52. The van der Waals surface area contributed by atoms with Crippen molar-refractivity contribution in [2.75, 3.05) is 13.7 Å². The monoisotopic (exact) mass is 209 g/mol. The molecule has 0 aromatic rings. The summed E-state index contributed by atoms with van der Waals surface area (Å²) in [5.41, 5.74) is 0. The number of ether oxygens (including phenoxy) is 2. The summed E-state index contributed by atoms with van der Waals surface area (Å²) in [6.07, 6.45) is -4.81. The molecule has 6 nitrogen and oxygen atoms in total. The highest BCUT2D eigenvalue weighted by Crippen LogP contribution is 2.00. The van der Waals surface area contributed by atoms with Gasteiger partial charge in [-0.15, -0.1) is 0 Å². The third-order valence-electron chi connectivity index (χ3n) is 1.29. The van der Waals surface area contributed by atoms with Crippen molar-refractivity contribution < 1.29 is 28.6 Å². The van der Waals surface area contributed by atoms with Crippen molar-refractivity contribution in [3.05, 3.63) is 0 Å². The maximum atomic E-state index is 12.8. The molecular weight excluding hydrogens is 197 g/mol. The molecule has 2 N–H and O–H groups in total. The van der Waals surface area contributed by atoms with Crippen molar-refractivity contribution in [2.45, 2.75) is 19.3 Å². The molecule has 82 valence electrons. The van der Waals surface area contributed by atoms with Gasteiger partial charge < -0.3 is 14.6 Å². The molecule has 0 saturated carbocycles. The van der Waals surface area contributed by atoms with E-state index in [0.717, 1.165) is 7.11 Å². The number of carboxylic acid groups (broad SMARTS) is 1. The molecule has 0 aromatic carbocycles. The third-order valence-corrected chi connectivity index (χ3v) is 1.29.